The van der Waals surface area contributed by atoms with Gasteiger partial charge in [-0.2, -0.15) is 0 Å². The molecule has 0 unspecified atom stereocenters. The standard InChI is InChI=1S/C13H11N3O4/c1-20-11-3-2-8(6-15-11)12(17)16-10-7-14-5-4-9(10)13(18)19/h2-7H,1H3,(H,16,17)(H,18,19). The number of anilines is 1. The van der Waals surface area contributed by atoms with Gasteiger partial charge in [-0.3, -0.25) is 9.78 Å². The molecule has 1 amide bonds. The second-order valence-electron chi connectivity index (χ2n) is 3.77. The predicted octanol–water partition coefficient (Wildman–Crippen LogP) is 1.44. The fraction of sp³-hybridized carbons (Fsp3) is 0.0769. The van der Waals surface area contributed by atoms with Crippen molar-refractivity contribution in [1.82, 2.24) is 9.97 Å². The zero-order chi connectivity index (χ0) is 14.5. The van der Waals surface area contributed by atoms with Crippen molar-refractivity contribution < 1.29 is 19.4 Å². The number of aromatic nitrogens is 2. The van der Waals surface area contributed by atoms with Crippen LogP contribution in [0.4, 0.5) is 5.69 Å². The lowest BCUT2D eigenvalue weighted by Gasteiger charge is -2.07. The molecule has 0 aromatic carbocycles. The number of hydrogen-bond acceptors (Lipinski definition) is 5. The van der Waals surface area contributed by atoms with Crippen molar-refractivity contribution in [3.63, 3.8) is 0 Å². The molecule has 0 fully saturated rings. The van der Waals surface area contributed by atoms with E-state index in [4.69, 9.17) is 9.84 Å². The quantitative estimate of drug-likeness (QED) is 0.873. The summed E-state index contributed by atoms with van der Waals surface area (Å²) in [5, 5.41) is 11.5. The van der Waals surface area contributed by atoms with E-state index >= 15 is 0 Å². The molecule has 2 heterocycles. The number of ether oxygens (including phenoxy) is 1. The number of carboxylic acid groups (broad SMARTS) is 1. The molecule has 2 aromatic heterocycles. The molecule has 0 aliphatic carbocycles. The van der Waals surface area contributed by atoms with Crippen LogP contribution in [0.5, 0.6) is 5.88 Å². The van der Waals surface area contributed by atoms with Gasteiger partial charge in [-0.15, -0.1) is 0 Å². The number of carboxylic acids is 1. The summed E-state index contributed by atoms with van der Waals surface area (Å²) in [6, 6.07) is 4.37. The predicted molar refractivity (Wildman–Crippen MR) is 69.9 cm³/mol. The summed E-state index contributed by atoms with van der Waals surface area (Å²) in [5.74, 6) is -1.24. The van der Waals surface area contributed by atoms with Gasteiger partial charge in [0.25, 0.3) is 5.91 Å². The summed E-state index contributed by atoms with van der Waals surface area (Å²) in [5.41, 5.74) is 0.377. The fourth-order valence-electron chi connectivity index (χ4n) is 1.51. The van der Waals surface area contributed by atoms with E-state index in [1.165, 1.54) is 43.9 Å². The Morgan fingerprint density at radius 3 is 2.65 bits per heavy atom. The number of methoxy groups -OCH3 is 1. The van der Waals surface area contributed by atoms with E-state index in [2.05, 4.69) is 15.3 Å². The van der Waals surface area contributed by atoms with Crippen molar-refractivity contribution in [1.29, 1.82) is 0 Å². The Morgan fingerprint density at radius 1 is 1.25 bits per heavy atom. The Balaban J connectivity index is 2.21. The Hall–Kier alpha value is -2.96. The Labute approximate surface area is 114 Å². The normalized spacial score (nSPS) is 9.85. The lowest BCUT2D eigenvalue weighted by Crippen LogP contribution is -2.15. The Kier molecular flexibility index (Phi) is 3.90. The molecule has 0 radical (unpaired) electrons. The summed E-state index contributed by atoms with van der Waals surface area (Å²) < 4.78 is 4.89. The number of amides is 1. The highest BCUT2D eigenvalue weighted by atomic mass is 16.5. The van der Waals surface area contributed by atoms with Crippen molar-refractivity contribution in [2.45, 2.75) is 0 Å². The van der Waals surface area contributed by atoms with Crippen LogP contribution in [0.25, 0.3) is 0 Å². The lowest BCUT2D eigenvalue weighted by atomic mass is 10.2. The maximum Gasteiger partial charge on any atom is 0.337 e. The Bertz CT molecular complexity index is 640. The first-order chi connectivity index (χ1) is 9.61. The summed E-state index contributed by atoms with van der Waals surface area (Å²) in [6.45, 7) is 0. The molecular weight excluding hydrogens is 262 g/mol. The van der Waals surface area contributed by atoms with Crippen molar-refractivity contribution in [2.24, 2.45) is 0 Å². The number of nitrogens with zero attached hydrogens (tertiary/aromatic N) is 2. The molecule has 0 bridgehead atoms. The molecule has 2 rings (SSSR count). The number of carbonyl (C=O) groups is 2. The molecule has 7 nitrogen and oxygen atoms in total. The van der Waals surface area contributed by atoms with Crippen LogP contribution in [0, 0.1) is 0 Å². The Morgan fingerprint density at radius 2 is 2.05 bits per heavy atom. The number of hydrogen-bond donors (Lipinski definition) is 2. The van der Waals surface area contributed by atoms with Gasteiger partial charge >= 0.3 is 5.97 Å². The van der Waals surface area contributed by atoms with Crippen molar-refractivity contribution in [2.75, 3.05) is 12.4 Å². The van der Waals surface area contributed by atoms with Gasteiger partial charge in [0.2, 0.25) is 5.88 Å². The fourth-order valence-corrected chi connectivity index (χ4v) is 1.51. The van der Waals surface area contributed by atoms with Crippen LogP contribution in [0.15, 0.2) is 36.8 Å². The van der Waals surface area contributed by atoms with Gasteiger partial charge in [0.1, 0.15) is 0 Å². The zero-order valence-electron chi connectivity index (χ0n) is 10.5. The number of nitrogens with one attached hydrogen (secondary N) is 1. The molecule has 0 saturated carbocycles. The monoisotopic (exact) mass is 273 g/mol. The highest BCUT2D eigenvalue weighted by Gasteiger charge is 2.13. The second-order valence-corrected chi connectivity index (χ2v) is 3.77. The molecule has 0 atom stereocenters. The van der Waals surface area contributed by atoms with Gasteiger partial charge in [-0.05, 0) is 12.1 Å². The van der Waals surface area contributed by atoms with E-state index in [0.29, 0.717) is 5.88 Å². The van der Waals surface area contributed by atoms with Crippen molar-refractivity contribution in [3.05, 3.63) is 47.9 Å². The molecule has 2 N–H and O–H groups in total. The van der Waals surface area contributed by atoms with Crippen LogP contribution >= 0.6 is 0 Å². The number of rotatable bonds is 4. The molecule has 0 spiro atoms. The van der Waals surface area contributed by atoms with Gasteiger partial charge in [0.05, 0.1) is 30.1 Å². The second kappa shape index (κ2) is 5.79. The van der Waals surface area contributed by atoms with Crippen LogP contribution in [-0.4, -0.2) is 34.1 Å². The van der Waals surface area contributed by atoms with Crippen molar-refractivity contribution in [3.8, 4) is 5.88 Å². The van der Waals surface area contributed by atoms with Gasteiger partial charge < -0.3 is 15.2 Å². The third kappa shape index (κ3) is 2.89. The van der Waals surface area contributed by atoms with Crippen LogP contribution in [0.3, 0.4) is 0 Å². The van der Waals surface area contributed by atoms with Crippen LogP contribution in [-0.2, 0) is 0 Å². The minimum atomic E-state index is -1.14. The van der Waals surface area contributed by atoms with Crippen LogP contribution in [0.1, 0.15) is 20.7 Å². The smallest absolute Gasteiger partial charge is 0.337 e. The minimum absolute atomic E-state index is 0.0326. The first-order valence-electron chi connectivity index (χ1n) is 5.60. The highest BCUT2D eigenvalue weighted by Crippen LogP contribution is 2.15. The third-order valence-corrected chi connectivity index (χ3v) is 2.51. The van der Waals surface area contributed by atoms with Gasteiger partial charge in [0.15, 0.2) is 0 Å². The summed E-state index contributed by atoms with van der Waals surface area (Å²) in [6.07, 6.45) is 3.96. The molecule has 2 aromatic rings. The van der Waals surface area contributed by atoms with Gasteiger partial charge in [-0.25, -0.2) is 9.78 Å². The summed E-state index contributed by atoms with van der Waals surface area (Å²) in [7, 11) is 1.47. The molecule has 102 valence electrons. The van der Waals surface area contributed by atoms with E-state index in [9.17, 15) is 9.59 Å². The third-order valence-electron chi connectivity index (χ3n) is 2.51. The van der Waals surface area contributed by atoms with Gasteiger partial charge in [-0.1, -0.05) is 0 Å². The minimum Gasteiger partial charge on any atom is -0.481 e. The average molecular weight is 273 g/mol. The van der Waals surface area contributed by atoms with E-state index in [-0.39, 0.29) is 16.8 Å². The van der Waals surface area contributed by atoms with Crippen LogP contribution in [0.2, 0.25) is 0 Å². The molecular formula is C13H11N3O4. The SMILES string of the molecule is COc1ccc(C(=O)Nc2cnccc2C(=O)O)cn1. The lowest BCUT2D eigenvalue weighted by molar-refractivity contribution is 0.0698. The molecule has 0 aliphatic rings. The molecule has 0 aliphatic heterocycles. The summed E-state index contributed by atoms with van der Waals surface area (Å²) >= 11 is 0. The van der Waals surface area contributed by atoms with E-state index < -0.39 is 11.9 Å². The number of carbonyl (C=O) groups excluding carboxylic acids is 1. The molecule has 20 heavy (non-hydrogen) atoms. The number of pyridine rings is 2. The van der Waals surface area contributed by atoms with E-state index in [1.807, 2.05) is 0 Å². The summed E-state index contributed by atoms with van der Waals surface area (Å²) in [4.78, 5) is 30.7. The molecule has 0 saturated heterocycles. The van der Waals surface area contributed by atoms with Gasteiger partial charge in [0, 0.05) is 18.5 Å². The van der Waals surface area contributed by atoms with E-state index in [0.717, 1.165) is 0 Å². The van der Waals surface area contributed by atoms with Crippen molar-refractivity contribution >= 4 is 17.6 Å². The number of aromatic carboxylic acids is 1. The first-order valence-corrected chi connectivity index (χ1v) is 5.60. The zero-order valence-corrected chi connectivity index (χ0v) is 10.5. The topological polar surface area (TPSA) is 101 Å². The van der Waals surface area contributed by atoms with E-state index in [1.54, 1.807) is 0 Å². The van der Waals surface area contributed by atoms with Crippen LogP contribution < -0.4 is 10.1 Å². The molecule has 7 heteroatoms. The largest absolute Gasteiger partial charge is 0.481 e. The first kappa shape index (κ1) is 13.5. The maximum atomic E-state index is 12.0. The average Bonchev–Trinajstić information content (AvgIpc) is 2.47. The highest BCUT2D eigenvalue weighted by molar-refractivity contribution is 6.07. The maximum absolute atomic E-state index is 12.0.